The number of nitrogens with zero attached hydrogens (tertiary/aromatic N) is 4. The molecular formula is C26H21FN4O2. The summed E-state index contributed by atoms with van der Waals surface area (Å²) in [5.41, 5.74) is 3.18. The minimum absolute atomic E-state index is 0.0481. The van der Waals surface area contributed by atoms with Gasteiger partial charge in [-0.3, -0.25) is 14.5 Å². The second kappa shape index (κ2) is 9.05. The van der Waals surface area contributed by atoms with E-state index in [0.29, 0.717) is 28.8 Å². The molecule has 0 spiro atoms. The van der Waals surface area contributed by atoms with Gasteiger partial charge in [-0.2, -0.15) is 10.4 Å². The van der Waals surface area contributed by atoms with Gasteiger partial charge in [0, 0.05) is 29.4 Å². The van der Waals surface area contributed by atoms with Gasteiger partial charge in [0.1, 0.15) is 17.5 Å². The molecule has 0 atom stereocenters. The lowest BCUT2D eigenvalue weighted by Crippen LogP contribution is -2.43. The summed E-state index contributed by atoms with van der Waals surface area (Å²) in [6.45, 7) is 3.68. The molecule has 33 heavy (non-hydrogen) atoms. The number of hydrogen-bond donors (Lipinski definition) is 0. The van der Waals surface area contributed by atoms with Crippen LogP contribution in [0.4, 0.5) is 4.39 Å². The highest BCUT2D eigenvalue weighted by molar-refractivity contribution is 6.19. The fraction of sp³-hybridized carbons (Fsp3) is 0.154. The minimum Gasteiger partial charge on any atom is -0.274 e. The molecule has 0 fully saturated rings. The molecule has 0 saturated heterocycles. The first kappa shape index (κ1) is 21.9. The SMILES string of the molecule is CCCN1C(=O)C(C#N)=C(C)/C(=C\c2cn(-c3ccccc3)nc2-c2ccc(F)cc2)C1=O. The zero-order valence-electron chi connectivity index (χ0n) is 18.2. The molecule has 1 aliphatic heterocycles. The number of nitriles is 1. The smallest absolute Gasteiger partial charge is 0.271 e. The van der Waals surface area contributed by atoms with Crippen molar-refractivity contribution in [3.63, 3.8) is 0 Å². The summed E-state index contributed by atoms with van der Waals surface area (Å²) in [5, 5.41) is 14.2. The summed E-state index contributed by atoms with van der Waals surface area (Å²) in [6.07, 6.45) is 4.00. The van der Waals surface area contributed by atoms with Crippen LogP contribution in [-0.2, 0) is 9.59 Å². The molecule has 6 nitrogen and oxygen atoms in total. The third-order valence-electron chi connectivity index (χ3n) is 5.45. The molecule has 0 radical (unpaired) electrons. The normalized spacial score (nSPS) is 15.3. The Kier molecular flexibility index (Phi) is 6.01. The first-order valence-corrected chi connectivity index (χ1v) is 10.5. The van der Waals surface area contributed by atoms with Gasteiger partial charge in [-0.1, -0.05) is 25.1 Å². The van der Waals surface area contributed by atoms with Gasteiger partial charge in [0.15, 0.2) is 0 Å². The second-order valence-electron chi connectivity index (χ2n) is 7.65. The van der Waals surface area contributed by atoms with Crippen LogP contribution < -0.4 is 0 Å². The number of carbonyl (C=O) groups is 2. The Morgan fingerprint density at radius 1 is 1.06 bits per heavy atom. The number of halogens is 1. The van der Waals surface area contributed by atoms with Crippen LogP contribution in [0, 0.1) is 17.1 Å². The van der Waals surface area contributed by atoms with Gasteiger partial charge in [-0.15, -0.1) is 0 Å². The number of benzene rings is 2. The number of para-hydroxylation sites is 1. The van der Waals surface area contributed by atoms with E-state index in [0.717, 1.165) is 10.6 Å². The Morgan fingerprint density at radius 3 is 2.39 bits per heavy atom. The summed E-state index contributed by atoms with van der Waals surface area (Å²) in [7, 11) is 0. The lowest BCUT2D eigenvalue weighted by atomic mass is 9.93. The van der Waals surface area contributed by atoms with E-state index in [2.05, 4.69) is 5.10 Å². The van der Waals surface area contributed by atoms with E-state index in [1.165, 1.54) is 12.1 Å². The molecule has 3 aromatic rings. The van der Waals surface area contributed by atoms with E-state index >= 15 is 0 Å². The maximum Gasteiger partial charge on any atom is 0.271 e. The first-order valence-electron chi connectivity index (χ1n) is 10.5. The number of rotatable bonds is 5. The topological polar surface area (TPSA) is 79.0 Å². The third kappa shape index (κ3) is 4.11. The number of imide groups is 1. The molecule has 1 aliphatic rings. The highest BCUT2D eigenvalue weighted by Gasteiger charge is 2.35. The molecule has 0 bridgehead atoms. The second-order valence-corrected chi connectivity index (χ2v) is 7.65. The van der Waals surface area contributed by atoms with E-state index in [9.17, 15) is 19.2 Å². The summed E-state index contributed by atoms with van der Waals surface area (Å²) in [6, 6.07) is 17.3. The van der Waals surface area contributed by atoms with Crippen LogP contribution in [0.2, 0.25) is 0 Å². The Morgan fingerprint density at radius 2 is 1.76 bits per heavy atom. The van der Waals surface area contributed by atoms with Gasteiger partial charge in [-0.25, -0.2) is 9.07 Å². The number of carbonyl (C=O) groups excluding carboxylic acids is 2. The van der Waals surface area contributed by atoms with Crippen LogP contribution in [-0.4, -0.2) is 33.0 Å². The summed E-state index contributed by atoms with van der Waals surface area (Å²) in [5.74, 6) is -1.39. The van der Waals surface area contributed by atoms with Crippen molar-refractivity contribution in [2.45, 2.75) is 20.3 Å². The quantitative estimate of drug-likeness (QED) is 0.426. The van der Waals surface area contributed by atoms with Crippen molar-refractivity contribution >= 4 is 17.9 Å². The number of amides is 2. The van der Waals surface area contributed by atoms with Crippen LogP contribution >= 0.6 is 0 Å². The highest BCUT2D eigenvalue weighted by Crippen LogP contribution is 2.31. The average Bonchev–Trinajstić information content (AvgIpc) is 3.25. The number of aromatic nitrogens is 2. The summed E-state index contributed by atoms with van der Waals surface area (Å²) >= 11 is 0. The summed E-state index contributed by atoms with van der Waals surface area (Å²) in [4.78, 5) is 26.9. The van der Waals surface area contributed by atoms with E-state index in [1.807, 2.05) is 43.3 Å². The van der Waals surface area contributed by atoms with Gasteiger partial charge in [-0.05, 0) is 61.4 Å². The van der Waals surface area contributed by atoms with Crippen molar-refractivity contribution in [3.8, 4) is 23.0 Å². The Hall–Kier alpha value is -4.31. The maximum absolute atomic E-state index is 13.5. The Bertz CT molecular complexity index is 1330. The van der Waals surface area contributed by atoms with Crippen molar-refractivity contribution in [3.05, 3.63) is 88.9 Å². The van der Waals surface area contributed by atoms with E-state index < -0.39 is 11.8 Å². The minimum atomic E-state index is -0.572. The molecule has 2 amide bonds. The van der Waals surface area contributed by atoms with Crippen molar-refractivity contribution in [2.24, 2.45) is 0 Å². The highest BCUT2D eigenvalue weighted by atomic mass is 19.1. The van der Waals surface area contributed by atoms with E-state index in [1.54, 1.807) is 36.0 Å². The van der Waals surface area contributed by atoms with Crippen molar-refractivity contribution in [1.29, 1.82) is 5.26 Å². The molecule has 4 rings (SSSR count). The average molecular weight is 440 g/mol. The molecule has 0 aliphatic carbocycles. The molecular weight excluding hydrogens is 419 g/mol. The van der Waals surface area contributed by atoms with Gasteiger partial charge in [0.2, 0.25) is 0 Å². The zero-order chi connectivity index (χ0) is 23.5. The zero-order valence-corrected chi connectivity index (χ0v) is 18.2. The van der Waals surface area contributed by atoms with Crippen molar-refractivity contribution in [1.82, 2.24) is 14.7 Å². The molecule has 164 valence electrons. The molecule has 2 heterocycles. The predicted molar refractivity (Wildman–Crippen MR) is 122 cm³/mol. The van der Waals surface area contributed by atoms with Gasteiger partial charge >= 0.3 is 0 Å². The van der Waals surface area contributed by atoms with Gasteiger partial charge in [0.05, 0.1) is 11.4 Å². The molecule has 0 N–H and O–H groups in total. The van der Waals surface area contributed by atoms with Gasteiger partial charge in [0.25, 0.3) is 11.8 Å². The number of hydrogen-bond acceptors (Lipinski definition) is 4. The Labute approximate surface area is 190 Å². The first-order chi connectivity index (χ1) is 15.9. The van der Waals surface area contributed by atoms with Crippen LogP contribution in [0.3, 0.4) is 0 Å². The predicted octanol–water partition coefficient (Wildman–Crippen LogP) is 4.68. The van der Waals surface area contributed by atoms with Crippen LogP contribution in [0.1, 0.15) is 25.8 Å². The van der Waals surface area contributed by atoms with Crippen molar-refractivity contribution < 1.29 is 14.0 Å². The van der Waals surface area contributed by atoms with E-state index in [4.69, 9.17) is 0 Å². The fourth-order valence-corrected chi connectivity index (χ4v) is 3.75. The third-order valence-corrected chi connectivity index (χ3v) is 5.45. The monoisotopic (exact) mass is 440 g/mol. The van der Waals surface area contributed by atoms with Crippen molar-refractivity contribution in [2.75, 3.05) is 6.54 Å². The molecule has 0 saturated carbocycles. The van der Waals surface area contributed by atoms with E-state index in [-0.39, 0.29) is 23.5 Å². The van der Waals surface area contributed by atoms with Crippen LogP contribution in [0.5, 0.6) is 0 Å². The lowest BCUT2D eigenvalue weighted by molar-refractivity contribution is -0.140. The molecule has 1 aromatic heterocycles. The van der Waals surface area contributed by atoms with Crippen LogP contribution in [0.25, 0.3) is 23.0 Å². The Balaban J connectivity index is 1.92. The summed E-state index contributed by atoms with van der Waals surface area (Å²) < 4.78 is 15.2. The molecule has 7 heteroatoms. The largest absolute Gasteiger partial charge is 0.274 e. The van der Waals surface area contributed by atoms with Crippen LogP contribution in [0.15, 0.2) is 77.5 Å². The molecule has 0 unspecified atom stereocenters. The molecule has 2 aromatic carbocycles. The fourth-order valence-electron chi connectivity index (χ4n) is 3.75. The maximum atomic E-state index is 13.5. The van der Waals surface area contributed by atoms with Gasteiger partial charge < -0.3 is 0 Å². The standard InChI is InChI=1S/C26H21FN4O2/c1-3-13-30-25(32)22(17(2)23(15-28)26(30)33)14-19-16-31(21-7-5-4-6-8-21)29-24(19)18-9-11-20(27)12-10-18/h4-12,14,16H,3,13H2,1-2H3/b22-14+. The lowest BCUT2D eigenvalue weighted by Gasteiger charge is -2.27.